The second-order valence-corrected chi connectivity index (χ2v) is 3.06. The molecule has 0 amide bonds. The van der Waals surface area contributed by atoms with Gasteiger partial charge in [-0.05, 0) is 24.6 Å². The van der Waals surface area contributed by atoms with E-state index in [1.165, 1.54) is 12.3 Å². The molecule has 0 bridgehead atoms. The predicted molar refractivity (Wildman–Crippen MR) is 48.9 cm³/mol. The Morgan fingerprint density at radius 2 is 2.07 bits per heavy atom. The Balaban J connectivity index is 2.66. The molecule has 0 aliphatic heterocycles. The van der Waals surface area contributed by atoms with Crippen molar-refractivity contribution in [2.75, 3.05) is 6.54 Å². The number of hydrogen-bond acceptors (Lipinski definition) is 2. The zero-order valence-corrected chi connectivity index (χ0v) is 7.39. The first-order valence-corrected chi connectivity index (χ1v) is 4.27. The van der Waals surface area contributed by atoms with E-state index in [4.69, 9.17) is 10.2 Å². The summed E-state index contributed by atoms with van der Waals surface area (Å²) >= 11 is 0. The van der Waals surface area contributed by atoms with Gasteiger partial charge in [-0.25, -0.2) is 8.78 Å². The molecule has 2 N–H and O–H groups in total. The van der Waals surface area contributed by atoms with Crippen molar-refractivity contribution in [2.45, 2.75) is 6.42 Å². The van der Waals surface area contributed by atoms with Crippen LogP contribution in [0.4, 0.5) is 8.78 Å². The molecule has 2 aromatic rings. The molecule has 2 rings (SSSR count). The molecule has 0 atom stereocenters. The van der Waals surface area contributed by atoms with E-state index in [2.05, 4.69) is 0 Å². The number of rotatable bonds is 2. The van der Waals surface area contributed by atoms with Crippen molar-refractivity contribution in [3.8, 4) is 0 Å². The fourth-order valence-electron chi connectivity index (χ4n) is 1.46. The van der Waals surface area contributed by atoms with Crippen molar-refractivity contribution in [3.05, 3.63) is 35.6 Å². The molecule has 4 heteroatoms. The van der Waals surface area contributed by atoms with Crippen LogP contribution < -0.4 is 5.73 Å². The summed E-state index contributed by atoms with van der Waals surface area (Å²) in [5.41, 5.74) is 6.19. The van der Waals surface area contributed by atoms with E-state index in [1.54, 1.807) is 0 Å². The topological polar surface area (TPSA) is 39.2 Å². The summed E-state index contributed by atoms with van der Waals surface area (Å²) in [6.45, 7) is 0.423. The number of hydrogen-bond donors (Lipinski definition) is 1. The van der Waals surface area contributed by atoms with Crippen LogP contribution in [0.15, 0.2) is 22.8 Å². The smallest absolute Gasteiger partial charge is 0.169 e. The summed E-state index contributed by atoms with van der Waals surface area (Å²) in [4.78, 5) is 0. The second-order valence-electron chi connectivity index (χ2n) is 3.06. The van der Waals surface area contributed by atoms with Gasteiger partial charge < -0.3 is 10.2 Å². The minimum Gasteiger partial charge on any atom is -0.461 e. The Kier molecular flexibility index (Phi) is 2.21. The maximum absolute atomic E-state index is 13.1. The van der Waals surface area contributed by atoms with Crippen molar-refractivity contribution < 1.29 is 13.2 Å². The quantitative estimate of drug-likeness (QED) is 0.801. The zero-order chi connectivity index (χ0) is 10.1. The van der Waals surface area contributed by atoms with Crippen molar-refractivity contribution in [2.24, 2.45) is 5.73 Å². The maximum Gasteiger partial charge on any atom is 0.169 e. The SMILES string of the molecule is NCCc1coc2c(F)cc(F)cc12. The minimum atomic E-state index is -0.678. The Hall–Kier alpha value is -1.42. The fourth-order valence-corrected chi connectivity index (χ4v) is 1.46. The van der Waals surface area contributed by atoms with Gasteiger partial charge in [0.05, 0.1) is 6.26 Å². The molecule has 2 nitrogen and oxygen atoms in total. The Labute approximate surface area is 79.3 Å². The number of halogens is 2. The van der Waals surface area contributed by atoms with Gasteiger partial charge in [0.15, 0.2) is 11.4 Å². The van der Waals surface area contributed by atoms with Gasteiger partial charge in [-0.3, -0.25) is 0 Å². The first-order chi connectivity index (χ1) is 6.72. The molecule has 74 valence electrons. The molecule has 0 aliphatic rings. The highest BCUT2D eigenvalue weighted by Crippen LogP contribution is 2.25. The summed E-state index contributed by atoms with van der Waals surface area (Å²) in [5, 5.41) is 0.466. The first kappa shape index (κ1) is 9.15. The van der Waals surface area contributed by atoms with Crippen molar-refractivity contribution >= 4 is 11.0 Å². The van der Waals surface area contributed by atoms with E-state index in [-0.39, 0.29) is 5.58 Å². The van der Waals surface area contributed by atoms with E-state index in [1.807, 2.05) is 0 Å². The van der Waals surface area contributed by atoms with Gasteiger partial charge in [-0.1, -0.05) is 0 Å². The normalized spacial score (nSPS) is 11.1. The van der Waals surface area contributed by atoms with Gasteiger partial charge in [-0.15, -0.1) is 0 Å². The third kappa shape index (κ3) is 1.37. The monoisotopic (exact) mass is 197 g/mol. The fraction of sp³-hybridized carbons (Fsp3) is 0.200. The lowest BCUT2D eigenvalue weighted by Crippen LogP contribution is -2.01. The molecular formula is C10H9F2NO. The van der Waals surface area contributed by atoms with Crippen LogP contribution in [-0.2, 0) is 6.42 Å². The Morgan fingerprint density at radius 3 is 2.79 bits per heavy atom. The van der Waals surface area contributed by atoms with E-state index in [0.717, 1.165) is 11.6 Å². The van der Waals surface area contributed by atoms with Crippen LogP contribution >= 0.6 is 0 Å². The first-order valence-electron chi connectivity index (χ1n) is 4.27. The lowest BCUT2D eigenvalue weighted by Gasteiger charge is -1.95. The second kappa shape index (κ2) is 3.38. The minimum absolute atomic E-state index is 0.0925. The van der Waals surface area contributed by atoms with Gasteiger partial charge in [-0.2, -0.15) is 0 Å². The average molecular weight is 197 g/mol. The highest BCUT2D eigenvalue weighted by Gasteiger charge is 2.11. The van der Waals surface area contributed by atoms with E-state index in [9.17, 15) is 8.78 Å². The standard InChI is InChI=1S/C10H9F2NO/c11-7-3-8-6(1-2-13)5-14-10(8)9(12)4-7/h3-5H,1-2,13H2. The average Bonchev–Trinajstić information content (AvgIpc) is 2.49. The van der Waals surface area contributed by atoms with Crippen LogP contribution in [0.1, 0.15) is 5.56 Å². The summed E-state index contributed by atoms with van der Waals surface area (Å²) in [6, 6.07) is 2.06. The summed E-state index contributed by atoms with van der Waals surface area (Å²) in [5.74, 6) is -1.28. The molecule has 1 heterocycles. The molecular weight excluding hydrogens is 188 g/mol. The molecule has 1 aromatic heterocycles. The molecule has 0 aliphatic carbocycles. The van der Waals surface area contributed by atoms with Crippen LogP contribution in [0.2, 0.25) is 0 Å². The Bertz CT molecular complexity index is 464. The summed E-state index contributed by atoms with van der Waals surface area (Å²) in [7, 11) is 0. The third-order valence-corrected chi connectivity index (χ3v) is 2.09. The van der Waals surface area contributed by atoms with Crippen LogP contribution in [-0.4, -0.2) is 6.54 Å². The lowest BCUT2D eigenvalue weighted by atomic mass is 10.1. The molecule has 0 radical (unpaired) electrons. The predicted octanol–water partition coefficient (Wildman–Crippen LogP) is 2.21. The van der Waals surface area contributed by atoms with Crippen LogP contribution in [0, 0.1) is 11.6 Å². The lowest BCUT2D eigenvalue weighted by molar-refractivity contribution is 0.546. The van der Waals surface area contributed by atoms with E-state index in [0.29, 0.717) is 18.4 Å². The highest BCUT2D eigenvalue weighted by molar-refractivity contribution is 5.81. The maximum atomic E-state index is 13.1. The van der Waals surface area contributed by atoms with Crippen LogP contribution in [0.25, 0.3) is 11.0 Å². The van der Waals surface area contributed by atoms with Gasteiger partial charge in [0.25, 0.3) is 0 Å². The number of benzene rings is 1. The molecule has 0 saturated carbocycles. The van der Waals surface area contributed by atoms with Crippen molar-refractivity contribution in [3.63, 3.8) is 0 Å². The molecule has 0 saturated heterocycles. The number of fused-ring (bicyclic) bond motifs is 1. The molecule has 14 heavy (non-hydrogen) atoms. The third-order valence-electron chi connectivity index (χ3n) is 2.09. The van der Waals surface area contributed by atoms with E-state index < -0.39 is 11.6 Å². The Morgan fingerprint density at radius 1 is 1.29 bits per heavy atom. The number of nitrogens with two attached hydrogens (primary N) is 1. The molecule has 0 spiro atoms. The summed E-state index contributed by atoms with van der Waals surface area (Å²) in [6.07, 6.45) is 1.97. The summed E-state index contributed by atoms with van der Waals surface area (Å²) < 4.78 is 31.0. The molecule has 0 unspecified atom stereocenters. The highest BCUT2D eigenvalue weighted by atomic mass is 19.1. The number of furan rings is 1. The zero-order valence-electron chi connectivity index (χ0n) is 7.39. The van der Waals surface area contributed by atoms with Crippen molar-refractivity contribution in [1.29, 1.82) is 0 Å². The van der Waals surface area contributed by atoms with Gasteiger partial charge in [0, 0.05) is 11.5 Å². The molecule has 1 aromatic carbocycles. The van der Waals surface area contributed by atoms with Gasteiger partial charge >= 0.3 is 0 Å². The van der Waals surface area contributed by atoms with E-state index >= 15 is 0 Å². The van der Waals surface area contributed by atoms with Crippen molar-refractivity contribution in [1.82, 2.24) is 0 Å². The van der Waals surface area contributed by atoms with Gasteiger partial charge in [0.1, 0.15) is 5.82 Å². The van der Waals surface area contributed by atoms with Crippen LogP contribution in [0.5, 0.6) is 0 Å². The van der Waals surface area contributed by atoms with Gasteiger partial charge in [0.2, 0.25) is 0 Å². The molecule has 0 fully saturated rings. The largest absolute Gasteiger partial charge is 0.461 e. The van der Waals surface area contributed by atoms with Crippen LogP contribution in [0.3, 0.4) is 0 Å².